The third-order valence-corrected chi connectivity index (χ3v) is 10.6. The van der Waals surface area contributed by atoms with Crippen molar-refractivity contribution in [1.82, 2.24) is 35.7 Å². The summed E-state index contributed by atoms with van der Waals surface area (Å²) < 4.78 is 20.7. The van der Waals surface area contributed by atoms with Crippen LogP contribution < -0.4 is 16.0 Å². The molecular formula is C37H45ClFN7O4. The highest BCUT2D eigenvalue weighted by atomic mass is 35.5. The molecule has 2 heterocycles. The third-order valence-electron chi connectivity index (χ3n) is 10.3. The van der Waals surface area contributed by atoms with Crippen molar-refractivity contribution in [2.24, 2.45) is 18.9 Å². The van der Waals surface area contributed by atoms with Crippen molar-refractivity contribution in [3.63, 3.8) is 0 Å². The van der Waals surface area contributed by atoms with Crippen LogP contribution in [0, 0.1) is 11.8 Å². The zero-order valence-electron chi connectivity index (χ0n) is 29.0. The number of fused-ring (bicyclic) bond motifs is 1. The first-order chi connectivity index (χ1) is 23.9. The Morgan fingerprint density at radius 1 is 1.14 bits per heavy atom. The number of carbonyl (C=O) groups is 3. The average molecular weight is 706 g/mol. The molecule has 2 aromatic carbocycles. The highest BCUT2D eigenvalue weighted by molar-refractivity contribution is 6.31. The van der Waals surface area contributed by atoms with Crippen molar-refractivity contribution in [3.05, 3.63) is 82.4 Å². The van der Waals surface area contributed by atoms with Gasteiger partial charge in [0.25, 0.3) is 5.91 Å². The van der Waals surface area contributed by atoms with E-state index in [0.29, 0.717) is 39.6 Å². The quantitative estimate of drug-likeness (QED) is 0.141. The molecular weight excluding hydrogens is 661 g/mol. The molecule has 13 heteroatoms. The second-order valence-electron chi connectivity index (χ2n) is 14.2. The van der Waals surface area contributed by atoms with Crippen molar-refractivity contribution in [3.8, 4) is 0 Å². The van der Waals surface area contributed by atoms with Gasteiger partial charge >= 0.3 is 0 Å². The minimum absolute atomic E-state index is 0.00977. The number of amides is 3. The predicted octanol–water partition coefficient (Wildman–Crippen LogP) is 5.28. The van der Waals surface area contributed by atoms with E-state index < -0.39 is 29.7 Å². The van der Waals surface area contributed by atoms with Crippen LogP contribution in [0.15, 0.2) is 54.7 Å². The summed E-state index contributed by atoms with van der Waals surface area (Å²) in [7, 11) is 3.23. The fraction of sp³-hybridized carbons (Fsp3) is 0.486. The highest BCUT2D eigenvalue weighted by Gasteiger charge is 2.44. The smallest absolute Gasteiger partial charge is 0.270 e. The lowest BCUT2D eigenvalue weighted by Crippen LogP contribution is -2.57. The van der Waals surface area contributed by atoms with Crippen LogP contribution in [-0.4, -0.2) is 69.4 Å². The number of ether oxygens (including phenoxy) is 1. The van der Waals surface area contributed by atoms with Crippen LogP contribution in [0.3, 0.4) is 0 Å². The molecule has 6 rings (SSSR count). The lowest BCUT2D eigenvalue weighted by Gasteiger charge is -2.36. The van der Waals surface area contributed by atoms with Gasteiger partial charge in [-0.05, 0) is 67.0 Å². The number of hydrogen-bond donors (Lipinski definition) is 4. The molecule has 2 aromatic heterocycles. The Morgan fingerprint density at radius 2 is 1.88 bits per heavy atom. The Bertz CT molecular complexity index is 1870. The van der Waals surface area contributed by atoms with Gasteiger partial charge in [0.2, 0.25) is 11.8 Å². The zero-order chi connectivity index (χ0) is 35.7. The molecule has 2 aliphatic rings. The summed E-state index contributed by atoms with van der Waals surface area (Å²) in [6.45, 7) is 5.97. The second kappa shape index (κ2) is 14.5. The van der Waals surface area contributed by atoms with Gasteiger partial charge in [-0.3, -0.25) is 19.1 Å². The molecule has 50 heavy (non-hydrogen) atoms. The van der Waals surface area contributed by atoms with Crippen LogP contribution in [-0.2, 0) is 26.8 Å². The number of H-pyrrole nitrogens is 1. The molecule has 266 valence electrons. The second-order valence-corrected chi connectivity index (χ2v) is 14.6. The summed E-state index contributed by atoms with van der Waals surface area (Å²) in [6, 6.07) is 12.9. The van der Waals surface area contributed by atoms with Gasteiger partial charge in [-0.2, -0.15) is 5.10 Å². The van der Waals surface area contributed by atoms with Crippen molar-refractivity contribution in [1.29, 1.82) is 0 Å². The fourth-order valence-corrected chi connectivity index (χ4v) is 7.21. The SMILES string of the molecule is COCC(C)(C(=O)N[C@@H](C(=O)N[C@@H]1C[C@@H]1F)C1CCC1)c1ccc2[nH]c([C@@H](NC(=O)c3ccnn3C)[C@H](c3ccccc3Cl)C(C)C)nc2c1. The molecule has 2 aliphatic carbocycles. The number of aromatic amines is 1. The number of methoxy groups -OCH3 is 1. The maximum absolute atomic E-state index is 14.1. The molecule has 0 saturated heterocycles. The molecule has 1 unspecified atom stereocenters. The van der Waals surface area contributed by atoms with Crippen LogP contribution in [0.5, 0.6) is 0 Å². The average Bonchev–Trinajstić information content (AvgIpc) is 3.38. The van der Waals surface area contributed by atoms with Gasteiger partial charge in [0.05, 0.1) is 35.1 Å². The van der Waals surface area contributed by atoms with Crippen LogP contribution in [0.2, 0.25) is 5.02 Å². The maximum Gasteiger partial charge on any atom is 0.270 e. The Hall–Kier alpha value is -4.29. The highest BCUT2D eigenvalue weighted by Crippen LogP contribution is 2.40. The number of halogens is 2. The van der Waals surface area contributed by atoms with Gasteiger partial charge in [-0.1, -0.05) is 56.1 Å². The first kappa shape index (κ1) is 35.5. The number of benzene rings is 2. The van der Waals surface area contributed by atoms with E-state index in [2.05, 4.69) is 39.9 Å². The van der Waals surface area contributed by atoms with Crippen molar-refractivity contribution < 1.29 is 23.5 Å². The van der Waals surface area contributed by atoms with Gasteiger partial charge in [0, 0.05) is 37.7 Å². The van der Waals surface area contributed by atoms with E-state index in [0.717, 1.165) is 24.8 Å². The summed E-state index contributed by atoms with van der Waals surface area (Å²) in [5.41, 5.74) is 2.03. The molecule has 4 N–H and O–H groups in total. The Balaban J connectivity index is 1.34. The molecule has 0 radical (unpaired) electrons. The fourth-order valence-electron chi connectivity index (χ4n) is 6.95. The van der Waals surface area contributed by atoms with E-state index in [4.69, 9.17) is 21.3 Å². The maximum atomic E-state index is 14.1. The lowest BCUT2D eigenvalue weighted by atomic mass is 9.77. The molecule has 11 nitrogen and oxygen atoms in total. The number of nitrogens with zero attached hydrogens (tertiary/aromatic N) is 3. The topological polar surface area (TPSA) is 143 Å². The summed E-state index contributed by atoms with van der Waals surface area (Å²) in [4.78, 5) is 49.4. The van der Waals surface area contributed by atoms with Crippen molar-refractivity contribution in [2.45, 2.75) is 82.1 Å². The monoisotopic (exact) mass is 705 g/mol. The van der Waals surface area contributed by atoms with Gasteiger partial charge in [0.1, 0.15) is 23.7 Å². The molecule has 4 aromatic rings. The molecule has 0 aliphatic heterocycles. The van der Waals surface area contributed by atoms with E-state index in [9.17, 15) is 18.8 Å². The first-order valence-electron chi connectivity index (χ1n) is 17.2. The number of aryl methyl sites for hydroxylation is 1. The summed E-state index contributed by atoms with van der Waals surface area (Å²) in [5.74, 6) is -0.732. The third kappa shape index (κ3) is 7.14. The van der Waals surface area contributed by atoms with Gasteiger partial charge in [-0.15, -0.1) is 0 Å². The summed E-state index contributed by atoms with van der Waals surface area (Å²) in [6.07, 6.45) is 3.44. The normalized spacial score (nSPS) is 20.4. The first-order valence-corrected chi connectivity index (χ1v) is 17.6. The van der Waals surface area contributed by atoms with E-state index in [-0.39, 0.29) is 42.1 Å². The number of hydrogen-bond acceptors (Lipinski definition) is 6. The standard InChI is InChI=1S/C37H45ClFN7O4/c1-20(2)30(23-11-6-7-12-24(23)38)32(44-34(47)29-15-16-40-46(29)4)33-41-26-14-13-22(17-28(26)42-33)37(3,19-50-5)36(49)45-31(21-9-8-10-21)35(48)43-27-18-25(27)39/h6-7,11-17,20-21,25,27,30-32H,8-10,18-19H2,1-5H3,(H,41,42)(H,43,48)(H,44,47)(H,45,49)/t25-,27+,30-,31+,32-,37?/m0/s1. The van der Waals surface area contributed by atoms with Gasteiger partial charge in [0.15, 0.2) is 0 Å². The van der Waals surface area contributed by atoms with E-state index in [1.807, 2.05) is 42.5 Å². The summed E-state index contributed by atoms with van der Waals surface area (Å²) >= 11 is 6.74. The lowest BCUT2D eigenvalue weighted by molar-refractivity contribution is -0.135. The molecule has 2 saturated carbocycles. The Labute approximate surface area is 296 Å². The Kier molecular flexibility index (Phi) is 10.3. The van der Waals surface area contributed by atoms with E-state index >= 15 is 0 Å². The van der Waals surface area contributed by atoms with E-state index in [1.54, 1.807) is 26.2 Å². The van der Waals surface area contributed by atoms with Crippen LogP contribution >= 0.6 is 11.6 Å². The van der Waals surface area contributed by atoms with E-state index in [1.165, 1.54) is 11.8 Å². The van der Waals surface area contributed by atoms with Crippen molar-refractivity contribution >= 4 is 40.4 Å². The Morgan fingerprint density at radius 3 is 2.48 bits per heavy atom. The number of rotatable bonds is 14. The number of imidazole rings is 1. The van der Waals surface area contributed by atoms with Gasteiger partial charge in [-0.25, -0.2) is 9.37 Å². The number of aromatic nitrogens is 4. The van der Waals surface area contributed by atoms with Gasteiger partial charge < -0.3 is 25.7 Å². The molecule has 3 amide bonds. The van der Waals surface area contributed by atoms with Crippen LogP contribution in [0.4, 0.5) is 4.39 Å². The van der Waals surface area contributed by atoms with Crippen LogP contribution in [0.25, 0.3) is 11.0 Å². The minimum atomic E-state index is -1.18. The summed E-state index contributed by atoms with van der Waals surface area (Å²) in [5, 5.41) is 13.7. The molecule has 0 spiro atoms. The minimum Gasteiger partial charge on any atom is -0.383 e. The molecule has 6 atom stereocenters. The van der Waals surface area contributed by atoms with Crippen LogP contribution in [0.1, 0.15) is 85.9 Å². The largest absolute Gasteiger partial charge is 0.383 e. The molecule has 0 bridgehead atoms. The zero-order valence-corrected chi connectivity index (χ0v) is 29.8. The van der Waals surface area contributed by atoms with Crippen molar-refractivity contribution in [2.75, 3.05) is 13.7 Å². The number of carbonyl (C=O) groups excluding carboxylic acids is 3. The predicted molar refractivity (Wildman–Crippen MR) is 188 cm³/mol. The number of alkyl halides is 1. The molecule has 2 fully saturated rings. The number of nitrogens with one attached hydrogen (secondary N) is 4.